The van der Waals surface area contributed by atoms with Gasteiger partial charge in [-0.25, -0.2) is 9.59 Å². The minimum Gasteiger partial charge on any atom is -0.456 e. The van der Waals surface area contributed by atoms with Gasteiger partial charge in [-0.15, -0.1) is 0 Å². The molecule has 0 bridgehead atoms. The molecule has 2 amide bonds. The Kier molecular flexibility index (Phi) is 8.75. The third-order valence-corrected chi connectivity index (χ3v) is 6.10. The fourth-order valence-electron chi connectivity index (χ4n) is 4.40. The maximum absolute atomic E-state index is 12.7. The Morgan fingerprint density at radius 1 is 0.919 bits per heavy atom. The number of benzene rings is 3. The summed E-state index contributed by atoms with van der Waals surface area (Å²) in [4.78, 5) is 37.3. The second-order valence-corrected chi connectivity index (χ2v) is 8.86. The number of rotatable bonds is 9. The first-order chi connectivity index (χ1) is 18.0. The maximum Gasteiger partial charge on any atom is 0.407 e. The number of hydrogen-bond acceptors (Lipinski definition) is 6. The lowest BCUT2D eigenvalue weighted by molar-refractivity contribution is -0.158. The molecular weight excluding hydrogens is 472 g/mol. The van der Waals surface area contributed by atoms with Crippen LogP contribution in [-0.4, -0.2) is 36.4 Å². The van der Waals surface area contributed by atoms with Gasteiger partial charge in [0.15, 0.2) is 6.10 Å². The summed E-state index contributed by atoms with van der Waals surface area (Å²) in [5, 5.41) is 5.68. The second kappa shape index (κ2) is 12.6. The van der Waals surface area contributed by atoms with Crippen LogP contribution in [0.15, 0.2) is 91.0 Å². The number of alkyl carbamates (subject to hydrolysis) is 2. The van der Waals surface area contributed by atoms with Crippen LogP contribution in [0.5, 0.6) is 0 Å². The Hall–Kier alpha value is -4.33. The van der Waals surface area contributed by atoms with Gasteiger partial charge in [0.05, 0.1) is 12.1 Å². The van der Waals surface area contributed by atoms with Crippen molar-refractivity contribution in [2.45, 2.75) is 50.7 Å². The Labute approximate surface area is 215 Å². The molecule has 1 fully saturated rings. The van der Waals surface area contributed by atoms with Crippen LogP contribution < -0.4 is 10.6 Å². The molecule has 0 aliphatic carbocycles. The predicted molar refractivity (Wildman–Crippen MR) is 136 cm³/mol. The average molecular weight is 503 g/mol. The van der Waals surface area contributed by atoms with E-state index < -0.39 is 42.4 Å². The zero-order valence-corrected chi connectivity index (χ0v) is 20.5. The van der Waals surface area contributed by atoms with Crippen molar-refractivity contribution < 1.29 is 28.6 Å². The third-order valence-electron chi connectivity index (χ3n) is 6.10. The van der Waals surface area contributed by atoms with Crippen LogP contribution in [0.25, 0.3) is 0 Å². The number of carbonyl (C=O) groups is 3. The van der Waals surface area contributed by atoms with Crippen molar-refractivity contribution >= 4 is 18.2 Å². The summed E-state index contributed by atoms with van der Waals surface area (Å²) in [5.74, 6) is -0.487. The summed E-state index contributed by atoms with van der Waals surface area (Å²) in [6.07, 6.45) is -2.14. The fourth-order valence-corrected chi connectivity index (χ4v) is 4.40. The molecule has 1 heterocycles. The number of nitrogens with one attached hydrogen (secondary N) is 2. The molecule has 1 saturated heterocycles. The Balaban J connectivity index is 1.52. The first-order valence-corrected chi connectivity index (χ1v) is 12.2. The molecule has 37 heavy (non-hydrogen) atoms. The lowest BCUT2D eigenvalue weighted by atomic mass is 9.91. The average Bonchev–Trinajstić information content (AvgIpc) is 2.90. The van der Waals surface area contributed by atoms with E-state index in [9.17, 15) is 14.4 Å². The van der Waals surface area contributed by atoms with Gasteiger partial charge in [0.25, 0.3) is 0 Å². The molecule has 8 heteroatoms. The highest BCUT2D eigenvalue weighted by Crippen LogP contribution is 2.28. The van der Waals surface area contributed by atoms with Gasteiger partial charge in [-0.1, -0.05) is 91.0 Å². The van der Waals surface area contributed by atoms with E-state index in [1.165, 1.54) is 6.92 Å². The second-order valence-electron chi connectivity index (χ2n) is 8.86. The largest absolute Gasteiger partial charge is 0.456 e. The van der Waals surface area contributed by atoms with Gasteiger partial charge in [-0.3, -0.25) is 4.79 Å². The smallest absolute Gasteiger partial charge is 0.407 e. The van der Waals surface area contributed by atoms with E-state index >= 15 is 0 Å². The molecule has 0 unspecified atom stereocenters. The van der Waals surface area contributed by atoms with E-state index in [-0.39, 0.29) is 13.0 Å². The number of amides is 2. The van der Waals surface area contributed by atoms with Gasteiger partial charge in [0, 0.05) is 13.3 Å². The Morgan fingerprint density at radius 3 is 2.14 bits per heavy atom. The van der Waals surface area contributed by atoms with Crippen LogP contribution in [0.1, 0.15) is 36.1 Å². The SMILES string of the molecule is CC(=O)O[C@@H]1[C@@H](Cc2ccccc2)NC(=O)O[C@@H]1C[C@H](NC(=O)OCc1ccccc1)c1ccccc1. The third kappa shape index (κ3) is 7.57. The van der Waals surface area contributed by atoms with Gasteiger partial charge >= 0.3 is 18.2 Å². The first-order valence-electron chi connectivity index (χ1n) is 12.2. The molecule has 0 aromatic heterocycles. The molecule has 0 saturated carbocycles. The van der Waals surface area contributed by atoms with Gasteiger partial charge in [-0.2, -0.15) is 0 Å². The normalized spacial score (nSPS) is 19.6. The molecule has 3 aromatic rings. The Bertz CT molecular complexity index is 1170. The topological polar surface area (TPSA) is 103 Å². The molecule has 8 nitrogen and oxygen atoms in total. The van der Waals surface area contributed by atoms with Gasteiger partial charge < -0.3 is 24.8 Å². The summed E-state index contributed by atoms with van der Waals surface area (Å²) in [6, 6.07) is 27.2. The number of cyclic esters (lactones) is 1. The molecule has 4 rings (SSSR count). The molecule has 4 atom stereocenters. The van der Waals surface area contributed by atoms with E-state index in [0.29, 0.717) is 6.42 Å². The van der Waals surface area contributed by atoms with E-state index in [1.807, 2.05) is 91.0 Å². The van der Waals surface area contributed by atoms with E-state index in [2.05, 4.69) is 10.6 Å². The van der Waals surface area contributed by atoms with Crippen molar-refractivity contribution in [3.63, 3.8) is 0 Å². The standard InChI is InChI=1S/C29H30N2O6/c1-20(32)36-27-25(17-21-11-5-2-6-12-21)31-29(34)37-26(27)18-24(23-15-9-4-10-16-23)30-28(33)35-19-22-13-7-3-8-14-22/h2-16,24-27H,17-19H2,1H3,(H,30,33)(H,31,34)/t24-,25+,26+,27+/m0/s1. The highest BCUT2D eigenvalue weighted by atomic mass is 16.6. The molecule has 0 radical (unpaired) electrons. The lowest BCUT2D eigenvalue weighted by Crippen LogP contribution is -2.59. The van der Waals surface area contributed by atoms with Crippen LogP contribution in [-0.2, 0) is 32.0 Å². The van der Waals surface area contributed by atoms with Crippen molar-refractivity contribution in [3.8, 4) is 0 Å². The number of ether oxygens (including phenoxy) is 3. The summed E-state index contributed by atoms with van der Waals surface area (Å²) in [6.45, 7) is 1.44. The van der Waals surface area contributed by atoms with Crippen LogP contribution in [0.4, 0.5) is 9.59 Å². The minimum atomic E-state index is -0.800. The molecular formula is C29H30N2O6. The summed E-state index contributed by atoms with van der Waals surface area (Å²) in [7, 11) is 0. The van der Waals surface area contributed by atoms with Crippen LogP contribution >= 0.6 is 0 Å². The van der Waals surface area contributed by atoms with Crippen LogP contribution in [0, 0.1) is 0 Å². The lowest BCUT2D eigenvalue weighted by Gasteiger charge is -2.39. The number of esters is 1. The number of hydrogen-bond donors (Lipinski definition) is 2. The van der Waals surface area contributed by atoms with E-state index in [4.69, 9.17) is 14.2 Å². The minimum absolute atomic E-state index is 0.117. The predicted octanol–water partition coefficient (Wildman–Crippen LogP) is 4.70. The molecule has 2 N–H and O–H groups in total. The highest BCUT2D eigenvalue weighted by Gasteiger charge is 2.42. The Morgan fingerprint density at radius 2 is 1.51 bits per heavy atom. The van der Waals surface area contributed by atoms with E-state index in [0.717, 1.165) is 16.7 Å². The molecule has 3 aromatic carbocycles. The first kappa shape index (κ1) is 25.8. The van der Waals surface area contributed by atoms with Crippen LogP contribution in [0.3, 0.4) is 0 Å². The quantitative estimate of drug-likeness (QED) is 0.325. The summed E-state index contributed by atoms with van der Waals surface area (Å²) in [5.41, 5.74) is 2.64. The van der Waals surface area contributed by atoms with Gasteiger partial charge in [-0.05, 0) is 23.1 Å². The zero-order valence-electron chi connectivity index (χ0n) is 20.5. The van der Waals surface area contributed by atoms with Crippen molar-refractivity contribution in [1.82, 2.24) is 10.6 Å². The van der Waals surface area contributed by atoms with Gasteiger partial charge in [0.1, 0.15) is 12.7 Å². The monoisotopic (exact) mass is 502 g/mol. The maximum atomic E-state index is 12.7. The van der Waals surface area contributed by atoms with Crippen molar-refractivity contribution in [2.24, 2.45) is 0 Å². The van der Waals surface area contributed by atoms with Crippen LogP contribution in [0.2, 0.25) is 0 Å². The van der Waals surface area contributed by atoms with Crippen molar-refractivity contribution in [1.29, 1.82) is 0 Å². The van der Waals surface area contributed by atoms with Crippen molar-refractivity contribution in [3.05, 3.63) is 108 Å². The molecule has 1 aliphatic heterocycles. The zero-order chi connectivity index (χ0) is 26.0. The molecule has 1 aliphatic rings. The van der Waals surface area contributed by atoms with Crippen molar-refractivity contribution in [2.75, 3.05) is 0 Å². The van der Waals surface area contributed by atoms with E-state index in [1.54, 1.807) is 0 Å². The number of carbonyl (C=O) groups excluding carboxylic acids is 3. The summed E-state index contributed by atoms with van der Waals surface area (Å²) >= 11 is 0. The summed E-state index contributed by atoms with van der Waals surface area (Å²) < 4.78 is 16.7. The molecule has 192 valence electrons. The fraction of sp³-hybridized carbons (Fsp3) is 0.276. The highest BCUT2D eigenvalue weighted by molar-refractivity contribution is 5.71. The van der Waals surface area contributed by atoms with Gasteiger partial charge in [0.2, 0.25) is 0 Å². The molecule has 0 spiro atoms.